The molecule has 1 aromatic heterocycles. The number of benzene rings is 2. The summed E-state index contributed by atoms with van der Waals surface area (Å²) in [6.45, 7) is 2.13. The molecular weight excluding hydrogens is 435 g/mol. The van der Waals surface area contributed by atoms with E-state index in [1.165, 1.54) is 0 Å². The Labute approximate surface area is 157 Å². The fraction of sp³-hybridized carbons (Fsp3) is 0.158. The molecule has 0 unspecified atom stereocenters. The number of hydrogen-bond acceptors (Lipinski definition) is 4. The highest BCUT2D eigenvalue weighted by Gasteiger charge is 2.14. The average Bonchev–Trinajstić information content (AvgIpc) is 2.56. The number of aliphatic carboxylic acids is 1. The van der Waals surface area contributed by atoms with Gasteiger partial charge in [-0.25, -0.2) is 4.79 Å². The van der Waals surface area contributed by atoms with Crippen molar-refractivity contribution in [1.29, 1.82) is 0 Å². The van der Waals surface area contributed by atoms with Gasteiger partial charge in [0.1, 0.15) is 17.9 Å². The first-order chi connectivity index (χ1) is 11.9. The molecule has 0 radical (unpaired) electrons. The van der Waals surface area contributed by atoms with Crippen LogP contribution in [-0.2, 0) is 17.8 Å². The van der Waals surface area contributed by atoms with E-state index < -0.39 is 11.6 Å². The molecule has 0 aliphatic heterocycles. The molecule has 0 fully saturated rings. The molecular formula is C19H15IO5. The smallest absolute Gasteiger partial charge is 0.340 e. The quantitative estimate of drug-likeness (QED) is 0.471. The van der Waals surface area contributed by atoms with Crippen LogP contribution >= 0.6 is 22.6 Å². The average molecular weight is 450 g/mol. The summed E-state index contributed by atoms with van der Waals surface area (Å²) in [5.74, 6) is -0.480. The third kappa shape index (κ3) is 4.01. The van der Waals surface area contributed by atoms with Crippen molar-refractivity contribution in [3.8, 4) is 5.75 Å². The van der Waals surface area contributed by atoms with E-state index in [9.17, 15) is 9.59 Å². The summed E-state index contributed by atoms with van der Waals surface area (Å²) in [4.78, 5) is 23.0. The minimum Gasteiger partial charge on any atom is -0.489 e. The first-order valence-electron chi connectivity index (χ1n) is 7.59. The molecule has 3 rings (SSSR count). The molecule has 1 N–H and O–H groups in total. The predicted octanol–water partition coefficient (Wildman–Crippen LogP) is 3.91. The summed E-state index contributed by atoms with van der Waals surface area (Å²) in [7, 11) is 0. The molecule has 0 spiro atoms. The van der Waals surface area contributed by atoms with Gasteiger partial charge < -0.3 is 14.3 Å². The van der Waals surface area contributed by atoms with E-state index in [-0.39, 0.29) is 12.0 Å². The maximum Gasteiger partial charge on any atom is 0.340 e. The lowest BCUT2D eigenvalue weighted by Crippen LogP contribution is -2.14. The van der Waals surface area contributed by atoms with Crippen molar-refractivity contribution in [2.45, 2.75) is 20.0 Å². The fourth-order valence-electron chi connectivity index (χ4n) is 2.61. The van der Waals surface area contributed by atoms with Crippen LogP contribution in [0.2, 0.25) is 0 Å². The number of ether oxygens (including phenoxy) is 1. The second-order valence-corrected chi connectivity index (χ2v) is 6.89. The van der Waals surface area contributed by atoms with Crippen LogP contribution in [-0.4, -0.2) is 11.1 Å². The van der Waals surface area contributed by atoms with Gasteiger partial charge >= 0.3 is 11.6 Å². The van der Waals surface area contributed by atoms with E-state index in [0.717, 1.165) is 9.13 Å². The highest BCUT2D eigenvalue weighted by atomic mass is 127. The number of rotatable bonds is 5. The van der Waals surface area contributed by atoms with Crippen molar-refractivity contribution in [3.05, 3.63) is 73.1 Å². The van der Waals surface area contributed by atoms with Crippen LogP contribution in [0.1, 0.15) is 16.7 Å². The van der Waals surface area contributed by atoms with Crippen molar-refractivity contribution in [2.24, 2.45) is 0 Å². The zero-order chi connectivity index (χ0) is 18.0. The second-order valence-electron chi connectivity index (χ2n) is 5.64. The molecule has 6 heteroatoms. The number of carbonyl (C=O) groups is 1. The largest absolute Gasteiger partial charge is 0.489 e. The number of carboxylic acids is 1. The zero-order valence-electron chi connectivity index (χ0n) is 13.4. The number of halogens is 1. The lowest BCUT2D eigenvalue weighted by Gasteiger charge is -2.09. The van der Waals surface area contributed by atoms with Crippen LogP contribution in [0.3, 0.4) is 0 Å². The maximum atomic E-state index is 12.0. The molecule has 1 heterocycles. The molecule has 0 bridgehead atoms. The predicted molar refractivity (Wildman–Crippen MR) is 102 cm³/mol. The lowest BCUT2D eigenvalue weighted by atomic mass is 10.0. The van der Waals surface area contributed by atoms with Gasteiger partial charge in [-0.3, -0.25) is 4.79 Å². The van der Waals surface area contributed by atoms with Gasteiger partial charge in [0, 0.05) is 15.0 Å². The van der Waals surface area contributed by atoms with Crippen LogP contribution in [0, 0.1) is 10.5 Å². The number of carboxylic acid groups (broad SMARTS) is 1. The van der Waals surface area contributed by atoms with E-state index >= 15 is 0 Å². The van der Waals surface area contributed by atoms with Gasteiger partial charge in [0.15, 0.2) is 0 Å². The summed E-state index contributed by atoms with van der Waals surface area (Å²) in [5.41, 5.74) is 1.60. The SMILES string of the molecule is Cc1c(CC(=O)O)c(=O)oc2cc(OCc3cccc(I)c3)ccc12. The molecule has 128 valence electrons. The first kappa shape index (κ1) is 17.5. The van der Waals surface area contributed by atoms with Gasteiger partial charge in [-0.2, -0.15) is 0 Å². The Morgan fingerprint density at radius 1 is 1.24 bits per heavy atom. The van der Waals surface area contributed by atoms with Crippen molar-refractivity contribution < 1.29 is 19.1 Å². The molecule has 3 aromatic rings. The minimum absolute atomic E-state index is 0.174. The van der Waals surface area contributed by atoms with E-state index in [2.05, 4.69) is 22.6 Å². The molecule has 5 nitrogen and oxygen atoms in total. The van der Waals surface area contributed by atoms with Crippen molar-refractivity contribution in [1.82, 2.24) is 0 Å². The maximum absolute atomic E-state index is 12.0. The normalized spacial score (nSPS) is 10.8. The standard InChI is InChI=1S/C19H15IO5/c1-11-15-6-5-14(24-10-12-3-2-4-13(20)7-12)8-17(15)25-19(23)16(11)9-18(21)22/h2-8H,9-10H2,1H3,(H,21,22). The van der Waals surface area contributed by atoms with Gasteiger partial charge in [0.2, 0.25) is 0 Å². The molecule has 0 saturated heterocycles. The monoisotopic (exact) mass is 450 g/mol. The van der Waals surface area contributed by atoms with E-state index in [1.807, 2.05) is 24.3 Å². The Hall–Kier alpha value is -2.35. The summed E-state index contributed by atoms with van der Waals surface area (Å²) >= 11 is 2.24. The van der Waals surface area contributed by atoms with Gasteiger partial charge in [-0.1, -0.05) is 12.1 Å². The van der Waals surface area contributed by atoms with Crippen LogP contribution in [0.15, 0.2) is 51.7 Å². The minimum atomic E-state index is -1.06. The Morgan fingerprint density at radius 2 is 2.04 bits per heavy atom. The van der Waals surface area contributed by atoms with E-state index in [0.29, 0.717) is 28.9 Å². The summed E-state index contributed by atoms with van der Waals surface area (Å²) in [6.07, 6.45) is -0.352. The molecule has 25 heavy (non-hydrogen) atoms. The van der Waals surface area contributed by atoms with Crippen molar-refractivity contribution in [2.75, 3.05) is 0 Å². The number of hydrogen-bond donors (Lipinski definition) is 1. The van der Waals surface area contributed by atoms with Crippen molar-refractivity contribution in [3.63, 3.8) is 0 Å². The van der Waals surface area contributed by atoms with Gasteiger partial charge in [-0.15, -0.1) is 0 Å². The summed E-state index contributed by atoms with van der Waals surface area (Å²) in [6, 6.07) is 13.2. The van der Waals surface area contributed by atoms with Gasteiger partial charge in [-0.05, 0) is 64.9 Å². The molecule has 0 amide bonds. The van der Waals surface area contributed by atoms with E-state index in [4.69, 9.17) is 14.3 Å². The highest BCUT2D eigenvalue weighted by molar-refractivity contribution is 14.1. The Kier molecular flexibility index (Phi) is 5.08. The molecule has 0 atom stereocenters. The third-order valence-electron chi connectivity index (χ3n) is 3.88. The lowest BCUT2D eigenvalue weighted by molar-refractivity contribution is -0.136. The first-order valence-corrected chi connectivity index (χ1v) is 8.67. The Bertz CT molecular complexity index is 1010. The van der Waals surface area contributed by atoms with Crippen LogP contribution in [0.25, 0.3) is 11.0 Å². The summed E-state index contributed by atoms with van der Waals surface area (Å²) < 4.78 is 12.2. The molecule has 0 aliphatic carbocycles. The molecule has 0 saturated carbocycles. The zero-order valence-corrected chi connectivity index (χ0v) is 15.6. The number of fused-ring (bicyclic) bond motifs is 1. The van der Waals surface area contributed by atoms with Crippen LogP contribution in [0.4, 0.5) is 0 Å². The van der Waals surface area contributed by atoms with Crippen LogP contribution in [0.5, 0.6) is 5.75 Å². The Balaban J connectivity index is 1.90. The number of aryl methyl sites for hydroxylation is 1. The van der Waals surface area contributed by atoms with Crippen molar-refractivity contribution >= 4 is 39.5 Å². The fourth-order valence-corrected chi connectivity index (χ4v) is 3.22. The third-order valence-corrected chi connectivity index (χ3v) is 4.55. The summed E-state index contributed by atoms with van der Waals surface area (Å²) in [5, 5.41) is 9.63. The molecule has 0 aliphatic rings. The second kappa shape index (κ2) is 7.26. The molecule has 2 aromatic carbocycles. The van der Waals surface area contributed by atoms with Gasteiger partial charge in [0.05, 0.1) is 12.0 Å². The van der Waals surface area contributed by atoms with Crippen LogP contribution < -0.4 is 10.4 Å². The topological polar surface area (TPSA) is 76.7 Å². The van der Waals surface area contributed by atoms with Gasteiger partial charge in [0.25, 0.3) is 0 Å². The van der Waals surface area contributed by atoms with E-state index in [1.54, 1.807) is 25.1 Å². The highest BCUT2D eigenvalue weighted by Crippen LogP contribution is 2.25. The Morgan fingerprint density at radius 3 is 2.76 bits per heavy atom.